The van der Waals surface area contributed by atoms with Crippen LogP contribution in [-0.4, -0.2) is 30.8 Å². The molecule has 1 aromatic heterocycles. The van der Waals surface area contributed by atoms with Crippen molar-refractivity contribution in [3.05, 3.63) is 53.7 Å². The molecule has 22 heavy (non-hydrogen) atoms. The Morgan fingerprint density at radius 1 is 0.864 bits per heavy atom. The van der Waals surface area contributed by atoms with Gasteiger partial charge in [0.1, 0.15) is 17.2 Å². The number of allylic oxidation sites excluding steroid dienone is 2. The van der Waals surface area contributed by atoms with E-state index in [0.717, 1.165) is 0 Å². The second-order valence-electron chi connectivity index (χ2n) is 4.72. The van der Waals surface area contributed by atoms with E-state index >= 15 is 0 Å². The van der Waals surface area contributed by atoms with E-state index in [9.17, 15) is 9.59 Å². The summed E-state index contributed by atoms with van der Waals surface area (Å²) in [4.78, 5) is 28.1. The molecule has 5 nitrogen and oxygen atoms in total. The first kappa shape index (κ1) is 14.0. The molecule has 1 aliphatic rings. The van der Waals surface area contributed by atoms with E-state index in [-0.39, 0.29) is 17.3 Å². The molecular weight excluding hydrogens is 282 g/mol. The van der Waals surface area contributed by atoms with Crippen molar-refractivity contribution >= 4 is 11.6 Å². The zero-order valence-electron chi connectivity index (χ0n) is 12.1. The summed E-state index contributed by atoms with van der Waals surface area (Å²) in [5.74, 6) is 0.764. The molecule has 0 bridgehead atoms. The summed E-state index contributed by atoms with van der Waals surface area (Å²) < 4.78 is 10.5. The number of rotatable bonds is 3. The summed E-state index contributed by atoms with van der Waals surface area (Å²) >= 11 is 0. The monoisotopic (exact) mass is 295 g/mol. The molecule has 3 rings (SSSR count). The maximum absolute atomic E-state index is 11.9. The van der Waals surface area contributed by atoms with Crippen molar-refractivity contribution in [1.82, 2.24) is 4.98 Å². The second-order valence-corrected chi connectivity index (χ2v) is 4.72. The van der Waals surface area contributed by atoms with Crippen molar-refractivity contribution in [2.75, 3.05) is 14.2 Å². The first-order chi connectivity index (χ1) is 10.6. The van der Waals surface area contributed by atoms with Crippen LogP contribution in [0.2, 0.25) is 0 Å². The highest BCUT2D eigenvalue weighted by atomic mass is 16.5. The van der Waals surface area contributed by atoms with Gasteiger partial charge in [-0.1, -0.05) is 0 Å². The normalized spacial score (nSPS) is 13.0. The molecule has 0 N–H and O–H groups in total. The minimum absolute atomic E-state index is 0.162. The van der Waals surface area contributed by atoms with Gasteiger partial charge in [0, 0.05) is 5.56 Å². The average Bonchev–Trinajstić information content (AvgIpc) is 2.57. The predicted molar refractivity (Wildman–Crippen MR) is 80.6 cm³/mol. The third kappa shape index (κ3) is 2.26. The third-order valence-electron chi connectivity index (χ3n) is 3.46. The molecule has 0 unspecified atom stereocenters. The standard InChI is InChI=1S/C17H13NO4/c1-21-10-3-8-16(22-2)12(9-10)13-5-4-11-14(19)6-7-15(20)17(11)18-13/h3-9H,1-2H3. The van der Waals surface area contributed by atoms with Crippen molar-refractivity contribution in [3.63, 3.8) is 0 Å². The van der Waals surface area contributed by atoms with Gasteiger partial charge in [0.25, 0.3) is 0 Å². The van der Waals surface area contributed by atoms with Crippen molar-refractivity contribution < 1.29 is 19.1 Å². The fourth-order valence-electron chi connectivity index (χ4n) is 2.33. The van der Waals surface area contributed by atoms with E-state index in [1.807, 2.05) is 0 Å². The highest BCUT2D eigenvalue weighted by Crippen LogP contribution is 2.33. The summed E-state index contributed by atoms with van der Waals surface area (Å²) in [6.45, 7) is 0. The zero-order chi connectivity index (χ0) is 15.7. The van der Waals surface area contributed by atoms with Crippen molar-refractivity contribution in [2.45, 2.75) is 0 Å². The Hall–Kier alpha value is -2.95. The molecule has 0 saturated heterocycles. The van der Waals surface area contributed by atoms with Gasteiger partial charge < -0.3 is 9.47 Å². The number of carbonyl (C=O) groups is 2. The van der Waals surface area contributed by atoms with Gasteiger partial charge in [-0.25, -0.2) is 4.98 Å². The van der Waals surface area contributed by atoms with Crippen LogP contribution in [-0.2, 0) is 0 Å². The van der Waals surface area contributed by atoms with Crippen LogP contribution in [0.25, 0.3) is 11.3 Å². The average molecular weight is 295 g/mol. The number of carbonyl (C=O) groups excluding carboxylic acids is 2. The molecule has 0 spiro atoms. The molecule has 1 heterocycles. The Bertz CT molecular complexity index is 808. The van der Waals surface area contributed by atoms with Crippen LogP contribution in [0.1, 0.15) is 20.8 Å². The van der Waals surface area contributed by atoms with Crippen molar-refractivity contribution in [2.24, 2.45) is 0 Å². The van der Waals surface area contributed by atoms with Gasteiger partial charge in [0.05, 0.1) is 25.5 Å². The summed E-state index contributed by atoms with van der Waals surface area (Å²) in [6, 6.07) is 8.62. The number of fused-ring (bicyclic) bond motifs is 1. The largest absolute Gasteiger partial charge is 0.497 e. The summed E-state index contributed by atoms with van der Waals surface area (Å²) in [7, 11) is 3.12. The maximum atomic E-state index is 11.9. The van der Waals surface area contributed by atoms with Gasteiger partial charge in [-0.05, 0) is 42.5 Å². The smallest absolute Gasteiger partial charge is 0.205 e. The van der Waals surface area contributed by atoms with E-state index in [1.54, 1.807) is 44.6 Å². The van der Waals surface area contributed by atoms with Gasteiger partial charge in [-0.15, -0.1) is 0 Å². The number of pyridine rings is 1. The summed E-state index contributed by atoms with van der Waals surface area (Å²) in [5.41, 5.74) is 1.72. The number of methoxy groups -OCH3 is 2. The van der Waals surface area contributed by atoms with E-state index < -0.39 is 0 Å². The first-order valence-electron chi connectivity index (χ1n) is 6.64. The van der Waals surface area contributed by atoms with Gasteiger partial charge >= 0.3 is 0 Å². The van der Waals surface area contributed by atoms with Crippen LogP contribution < -0.4 is 9.47 Å². The predicted octanol–water partition coefficient (Wildman–Crippen LogP) is 2.70. The van der Waals surface area contributed by atoms with Crippen LogP contribution in [0.15, 0.2) is 42.5 Å². The number of aromatic nitrogens is 1. The lowest BCUT2D eigenvalue weighted by molar-refractivity contribution is 0.0990. The SMILES string of the molecule is COc1ccc(OC)c(-c2ccc3c(n2)C(=O)C=CC3=O)c1. The van der Waals surface area contributed by atoms with Crippen LogP contribution in [0.5, 0.6) is 11.5 Å². The molecule has 0 atom stereocenters. The molecule has 2 aromatic rings. The number of nitrogens with zero attached hydrogens (tertiary/aromatic N) is 1. The minimum Gasteiger partial charge on any atom is -0.497 e. The number of hydrogen-bond donors (Lipinski definition) is 0. The van der Waals surface area contributed by atoms with E-state index in [2.05, 4.69) is 4.98 Å². The van der Waals surface area contributed by atoms with E-state index in [4.69, 9.17) is 9.47 Å². The molecule has 0 fully saturated rings. The molecule has 5 heteroatoms. The molecular formula is C17H13NO4. The van der Waals surface area contributed by atoms with Crippen LogP contribution >= 0.6 is 0 Å². The van der Waals surface area contributed by atoms with Crippen molar-refractivity contribution in [3.8, 4) is 22.8 Å². The lowest BCUT2D eigenvalue weighted by atomic mass is 9.98. The zero-order valence-corrected chi connectivity index (χ0v) is 12.1. The maximum Gasteiger partial charge on any atom is 0.205 e. The Labute approximate surface area is 127 Å². The molecule has 0 amide bonds. The van der Waals surface area contributed by atoms with E-state index in [1.165, 1.54) is 12.2 Å². The molecule has 0 radical (unpaired) electrons. The van der Waals surface area contributed by atoms with Crippen molar-refractivity contribution in [1.29, 1.82) is 0 Å². The third-order valence-corrected chi connectivity index (χ3v) is 3.46. The molecule has 110 valence electrons. The van der Waals surface area contributed by atoms with Gasteiger partial charge in [-0.2, -0.15) is 0 Å². The lowest BCUT2D eigenvalue weighted by Crippen LogP contribution is -2.14. The molecule has 0 saturated carbocycles. The summed E-state index contributed by atoms with van der Waals surface area (Å²) in [6.07, 6.45) is 2.50. The molecule has 0 aliphatic heterocycles. The number of ether oxygens (including phenoxy) is 2. The quantitative estimate of drug-likeness (QED) is 0.871. The van der Waals surface area contributed by atoms with Crippen LogP contribution in [0, 0.1) is 0 Å². The van der Waals surface area contributed by atoms with Gasteiger partial charge in [0.15, 0.2) is 5.78 Å². The highest BCUT2D eigenvalue weighted by Gasteiger charge is 2.22. The minimum atomic E-state index is -0.279. The topological polar surface area (TPSA) is 65.5 Å². The number of hydrogen-bond acceptors (Lipinski definition) is 5. The number of benzene rings is 1. The van der Waals surface area contributed by atoms with Crippen LogP contribution in [0.3, 0.4) is 0 Å². The van der Waals surface area contributed by atoms with Gasteiger partial charge in [0.2, 0.25) is 5.78 Å². The number of ketones is 2. The van der Waals surface area contributed by atoms with Gasteiger partial charge in [-0.3, -0.25) is 9.59 Å². The van der Waals surface area contributed by atoms with E-state index in [0.29, 0.717) is 28.3 Å². The lowest BCUT2D eigenvalue weighted by Gasteiger charge is -2.13. The Kier molecular flexibility index (Phi) is 3.47. The highest BCUT2D eigenvalue weighted by molar-refractivity contribution is 6.21. The first-order valence-corrected chi connectivity index (χ1v) is 6.64. The Morgan fingerprint density at radius 2 is 1.64 bits per heavy atom. The summed E-state index contributed by atoms with van der Waals surface area (Å²) in [5, 5.41) is 0. The molecule has 1 aromatic carbocycles. The molecule has 1 aliphatic carbocycles. The second kappa shape index (κ2) is 5.44. The van der Waals surface area contributed by atoms with Crippen LogP contribution in [0.4, 0.5) is 0 Å². The fraction of sp³-hybridized carbons (Fsp3) is 0.118. The Morgan fingerprint density at radius 3 is 2.36 bits per heavy atom. The Balaban J connectivity index is 2.17. The fourth-order valence-corrected chi connectivity index (χ4v) is 2.33.